The van der Waals surface area contributed by atoms with Gasteiger partial charge in [-0.25, -0.2) is 9.37 Å². The number of hydrogen-bond donors (Lipinski definition) is 1. The average molecular weight is 586 g/mol. The molecule has 1 fully saturated rings. The molecule has 1 N–H and O–H groups in total. The van der Waals surface area contributed by atoms with Gasteiger partial charge in [0, 0.05) is 36.8 Å². The van der Waals surface area contributed by atoms with Crippen molar-refractivity contribution in [2.75, 3.05) is 19.6 Å². The molecular formula is C31H37ClFN3O5. The van der Waals surface area contributed by atoms with Crippen LogP contribution in [0.3, 0.4) is 0 Å². The normalized spacial score (nSPS) is 16.3. The van der Waals surface area contributed by atoms with Gasteiger partial charge in [-0.2, -0.15) is 0 Å². The van der Waals surface area contributed by atoms with E-state index in [2.05, 4.69) is 0 Å². The second-order valence-electron chi connectivity index (χ2n) is 12.7. The first kappa shape index (κ1) is 30.5. The van der Waals surface area contributed by atoms with Gasteiger partial charge in [0.15, 0.2) is 11.3 Å². The number of carbonyl (C=O) groups is 3. The highest BCUT2D eigenvalue weighted by molar-refractivity contribution is 6.30. The fraction of sp³-hybridized carbons (Fsp3) is 0.484. The van der Waals surface area contributed by atoms with E-state index >= 15 is 0 Å². The summed E-state index contributed by atoms with van der Waals surface area (Å²) in [6, 6.07) is 7.97. The van der Waals surface area contributed by atoms with Crippen molar-refractivity contribution in [1.29, 1.82) is 0 Å². The molecule has 220 valence electrons. The molecule has 1 atom stereocenters. The predicted octanol–water partition coefficient (Wildman–Crippen LogP) is 6.39. The molecule has 1 aliphatic heterocycles. The minimum atomic E-state index is -1.01. The van der Waals surface area contributed by atoms with Crippen LogP contribution in [-0.2, 0) is 15.0 Å². The molecule has 1 aliphatic rings. The van der Waals surface area contributed by atoms with E-state index in [1.807, 2.05) is 54.5 Å². The van der Waals surface area contributed by atoms with Gasteiger partial charge >= 0.3 is 5.97 Å². The first-order chi connectivity index (χ1) is 19.0. The molecule has 0 radical (unpaired) electrons. The quantitative estimate of drug-likeness (QED) is 0.359. The number of nitrogens with zero attached hydrogens (tertiary/aromatic N) is 3. The Labute approximate surface area is 244 Å². The molecule has 4 rings (SSSR count). The molecule has 3 aromatic rings. The van der Waals surface area contributed by atoms with E-state index in [9.17, 15) is 23.9 Å². The summed E-state index contributed by atoms with van der Waals surface area (Å²) in [7, 11) is 0. The standard InChI is InChI=1S/C31H37ClFN3O5/c1-17(2)19(13-26(37)38)28(39)35-10-11-36(31(6,7)16-35)29(40)25-15-24-27(41-25)20(30(3,4)5)14-23(34-24)18-8-9-21(32)22(33)12-18/h8-9,12,14-15,17,19H,10-11,13,16H2,1-7H3,(H,37,38)/t19-/m0/s1. The molecule has 1 saturated heterocycles. The van der Waals surface area contributed by atoms with Crippen LogP contribution in [0, 0.1) is 17.7 Å². The van der Waals surface area contributed by atoms with Crippen molar-refractivity contribution >= 4 is 40.5 Å². The van der Waals surface area contributed by atoms with Crippen molar-refractivity contribution in [2.24, 2.45) is 11.8 Å². The summed E-state index contributed by atoms with van der Waals surface area (Å²) in [5, 5.41) is 9.32. The van der Waals surface area contributed by atoms with Crippen molar-refractivity contribution < 1.29 is 28.3 Å². The van der Waals surface area contributed by atoms with E-state index < -0.39 is 23.2 Å². The molecule has 2 amide bonds. The summed E-state index contributed by atoms with van der Waals surface area (Å²) in [4.78, 5) is 46.4. The van der Waals surface area contributed by atoms with Crippen LogP contribution < -0.4 is 0 Å². The number of piperazine rings is 1. The molecule has 0 spiro atoms. The molecule has 0 bridgehead atoms. The Kier molecular flexibility index (Phi) is 8.24. The Hall–Kier alpha value is -3.46. The van der Waals surface area contributed by atoms with E-state index in [1.54, 1.807) is 21.9 Å². The number of amides is 2. The third-order valence-corrected chi connectivity index (χ3v) is 8.00. The topological polar surface area (TPSA) is 104 Å². The summed E-state index contributed by atoms with van der Waals surface area (Å²) in [6.07, 6.45) is -0.233. The van der Waals surface area contributed by atoms with E-state index in [1.165, 1.54) is 12.1 Å². The summed E-state index contributed by atoms with van der Waals surface area (Å²) in [5.41, 5.74) is 1.77. The Morgan fingerprint density at radius 1 is 1.15 bits per heavy atom. The SMILES string of the molecule is CC(C)[C@H](CC(=O)O)C(=O)N1CCN(C(=O)c2cc3nc(-c4ccc(Cl)c(F)c4)cc(C(C)(C)C)c3o2)C(C)(C)C1. The minimum absolute atomic E-state index is 0.0214. The second-order valence-corrected chi connectivity index (χ2v) is 13.1. The first-order valence-corrected chi connectivity index (χ1v) is 14.1. The lowest BCUT2D eigenvalue weighted by atomic mass is 9.86. The fourth-order valence-electron chi connectivity index (χ4n) is 5.37. The largest absolute Gasteiger partial charge is 0.481 e. The van der Waals surface area contributed by atoms with Crippen molar-refractivity contribution in [3.8, 4) is 11.3 Å². The Balaban J connectivity index is 1.65. The van der Waals surface area contributed by atoms with Crippen molar-refractivity contribution in [2.45, 2.75) is 65.8 Å². The highest BCUT2D eigenvalue weighted by Gasteiger charge is 2.42. The summed E-state index contributed by atoms with van der Waals surface area (Å²) < 4.78 is 20.4. The predicted molar refractivity (Wildman–Crippen MR) is 155 cm³/mol. The van der Waals surface area contributed by atoms with Gasteiger partial charge in [0.25, 0.3) is 5.91 Å². The third kappa shape index (κ3) is 6.25. The number of carboxylic acids is 1. The molecule has 10 heteroatoms. The number of fused-ring (bicyclic) bond motifs is 1. The van der Waals surface area contributed by atoms with Crippen molar-refractivity contribution in [1.82, 2.24) is 14.8 Å². The molecule has 0 unspecified atom stereocenters. The number of pyridine rings is 1. The van der Waals surface area contributed by atoms with Crippen LogP contribution in [-0.4, -0.2) is 62.8 Å². The number of aliphatic carboxylic acids is 1. The maximum atomic E-state index is 14.2. The van der Waals surface area contributed by atoms with E-state index in [-0.39, 0.29) is 60.0 Å². The number of aromatic nitrogens is 1. The van der Waals surface area contributed by atoms with Crippen LogP contribution in [0.4, 0.5) is 4.39 Å². The van der Waals surface area contributed by atoms with E-state index in [0.717, 1.165) is 5.56 Å². The maximum absolute atomic E-state index is 14.2. The van der Waals surface area contributed by atoms with Gasteiger partial charge < -0.3 is 19.3 Å². The van der Waals surface area contributed by atoms with Crippen LogP contribution in [0.5, 0.6) is 0 Å². The molecule has 8 nitrogen and oxygen atoms in total. The number of hydrogen-bond acceptors (Lipinski definition) is 5. The van der Waals surface area contributed by atoms with Crippen molar-refractivity contribution in [3.05, 3.63) is 52.5 Å². The number of furan rings is 1. The Morgan fingerprint density at radius 2 is 1.83 bits per heavy atom. The lowest BCUT2D eigenvalue weighted by Crippen LogP contribution is -2.62. The highest BCUT2D eigenvalue weighted by Crippen LogP contribution is 2.36. The second kappa shape index (κ2) is 11.1. The number of benzene rings is 1. The number of carboxylic acid groups (broad SMARTS) is 1. The molecule has 0 saturated carbocycles. The lowest BCUT2D eigenvalue weighted by molar-refractivity contribution is -0.148. The van der Waals surface area contributed by atoms with Crippen molar-refractivity contribution in [3.63, 3.8) is 0 Å². The Bertz CT molecular complexity index is 1510. The van der Waals surface area contributed by atoms with Gasteiger partial charge in [0.2, 0.25) is 5.91 Å². The van der Waals surface area contributed by atoms with Gasteiger partial charge in [-0.1, -0.05) is 52.3 Å². The van der Waals surface area contributed by atoms with Gasteiger partial charge in [-0.05, 0) is 43.4 Å². The smallest absolute Gasteiger partial charge is 0.304 e. The van der Waals surface area contributed by atoms with Gasteiger partial charge in [0.1, 0.15) is 11.3 Å². The highest BCUT2D eigenvalue weighted by atomic mass is 35.5. The number of rotatable bonds is 6. The molecule has 2 aromatic heterocycles. The van der Waals surface area contributed by atoms with Crippen LogP contribution in [0.15, 0.2) is 34.7 Å². The van der Waals surface area contributed by atoms with Gasteiger partial charge in [-0.15, -0.1) is 0 Å². The third-order valence-electron chi connectivity index (χ3n) is 7.69. The fourth-order valence-corrected chi connectivity index (χ4v) is 5.49. The first-order valence-electron chi connectivity index (χ1n) is 13.7. The zero-order valence-corrected chi connectivity index (χ0v) is 25.3. The van der Waals surface area contributed by atoms with Gasteiger partial charge in [-0.3, -0.25) is 14.4 Å². The monoisotopic (exact) mass is 585 g/mol. The van der Waals surface area contributed by atoms with Crippen LogP contribution >= 0.6 is 11.6 Å². The lowest BCUT2D eigenvalue weighted by Gasteiger charge is -2.47. The summed E-state index contributed by atoms with van der Waals surface area (Å²) in [6.45, 7) is 14.3. The minimum Gasteiger partial charge on any atom is -0.481 e. The van der Waals surface area contributed by atoms with Crippen LogP contribution in [0.2, 0.25) is 5.02 Å². The number of halogens is 2. The zero-order chi connectivity index (χ0) is 30.4. The summed E-state index contributed by atoms with van der Waals surface area (Å²) >= 11 is 5.88. The van der Waals surface area contributed by atoms with Crippen LogP contribution in [0.1, 0.15) is 71.0 Å². The molecular weight excluding hydrogens is 549 g/mol. The maximum Gasteiger partial charge on any atom is 0.304 e. The van der Waals surface area contributed by atoms with E-state index in [0.29, 0.717) is 22.4 Å². The molecule has 1 aromatic carbocycles. The Morgan fingerprint density at radius 3 is 2.39 bits per heavy atom. The van der Waals surface area contributed by atoms with Crippen LogP contribution in [0.25, 0.3) is 22.4 Å². The average Bonchev–Trinajstić information content (AvgIpc) is 3.30. The molecule has 0 aliphatic carbocycles. The molecule has 41 heavy (non-hydrogen) atoms. The number of carbonyl (C=O) groups excluding carboxylic acids is 2. The summed E-state index contributed by atoms with van der Waals surface area (Å²) in [5.74, 6) is -2.74. The van der Waals surface area contributed by atoms with Gasteiger partial charge in [0.05, 0.1) is 28.6 Å². The van der Waals surface area contributed by atoms with E-state index in [4.69, 9.17) is 21.0 Å². The zero-order valence-electron chi connectivity index (χ0n) is 24.5. The molecule has 3 heterocycles.